The highest BCUT2D eigenvalue weighted by Crippen LogP contribution is 2.27. The maximum absolute atomic E-state index is 12.1. The Morgan fingerprint density at radius 3 is 2.58 bits per heavy atom. The van der Waals surface area contributed by atoms with E-state index in [0.717, 1.165) is 19.3 Å². The SMILES string of the molecule is COCC(NC(=O)N(C)C1CCCCC1C)C(=O)O. The smallest absolute Gasteiger partial charge is 0.328 e. The highest BCUT2D eigenvalue weighted by Gasteiger charge is 2.30. The molecule has 1 fully saturated rings. The van der Waals surface area contributed by atoms with E-state index in [1.165, 1.54) is 13.5 Å². The van der Waals surface area contributed by atoms with Gasteiger partial charge in [-0.2, -0.15) is 0 Å². The van der Waals surface area contributed by atoms with Crippen molar-refractivity contribution in [3.8, 4) is 0 Å². The molecule has 0 aromatic carbocycles. The summed E-state index contributed by atoms with van der Waals surface area (Å²) in [6.07, 6.45) is 4.41. The molecular formula is C13H24N2O4. The molecule has 1 saturated carbocycles. The molecular weight excluding hydrogens is 248 g/mol. The zero-order chi connectivity index (χ0) is 14.4. The van der Waals surface area contributed by atoms with Gasteiger partial charge in [0.2, 0.25) is 0 Å². The van der Waals surface area contributed by atoms with Gasteiger partial charge in [0.15, 0.2) is 6.04 Å². The van der Waals surface area contributed by atoms with Crippen LogP contribution in [0.2, 0.25) is 0 Å². The molecule has 110 valence electrons. The second-order valence-corrected chi connectivity index (χ2v) is 5.24. The van der Waals surface area contributed by atoms with E-state index in [4.69, 9.17) is 9.84 Å². The molecule has 19 heavy (non-hydrogen) atoms. The Balaban J connectivity index is 2.57. The molecule has 1 aliphatic rings. The molecule has 0 saturated heterocycles. The van der Waals surface area contributed by atoms with Gasteiger partial charge in [-0.3, -0.25) is 0 Å². The van der Waals surface area contributed by atoms with Crippen molar-refractivity contribution in [2.75, 3.05) is 20.8 Å². The first-order valence-electron chi connectivity index (χ1n) is 6.72. The van der Waals surface area contributed by atoms with E-state index in [0.29, 0.717) is 5.92 Å². The average Bonchev–Trinajstić information content (AvgIpc) is 2.37. The van der Waals surface area contributed by atoms with Crippen LogP contribution in [0.3, 0.4) is 0 Å². The lowest BCUT2D eigenvalue weighted by atomic mass is 9.85. The van der Waals surface area contributed by atoms with Crippen molar-refractivity contribution in [1.29, 1.82) is 0 Å². The zero-order valence-corrected chi connectivity index (χ0v) is 11.9. The third-order valence-corrected chi connectivity index (χ3v) is 3.81. The fourth-order valence-electron chi connectivity index (χ4n) is 2.61. The summed E-state index contributed by atoms with van der Waals surface area (Å²) >= 11 is 0. The number of methoxy groups -OCH3 is 1. The zero-order valence-electron chi connectivity index (χ0n) is 11.9. The van der Waals surface area contributed by atoms with Gasteiger partial charge in [-0.05, 0) is 18.8 Å². The van der Waals surface area contributed by atoms with Gasteiger partial charge in [0, 0.05) is 20.2 Å². The van der Waals surface area contributed by atoms with Crippen LogP contribution in [0.4, 0.5) is 4.79 Å². The Morgan fingerprint density at radius 2 is 2.05 bits per heavy atom. The number of nitrogens with zero attached hydrogens (tertiary/aromatic N) is 1. The fraction of sp³-hybridized carbons (Fsp3) is 0.846. The van der Waals surface area contributed by atoms with Crippen LogP contribution in [0, 0.1) is 5.92 Å². The highest BCUT2D eigenvalue weighted by atomic mass is 16.5. The Kier molecular flexibility index (Phi) is 6.08. The summed E-state index contributed by atoms with van der Waals surface area (Å²) in [6.45, 7) is 2.10. The maximum Gasteiger partial charge on any atom is 0.328 e. The fourth-order valence-corrected chi connectivity index (χ4v) is 2.61. The van der Waals surface area contributed by atoms with Crippen molar-refractivity contribution in [2.24, 2.45) is 5.92 Å². The third kappa shape index (κ3) is 4.38. The number of urea groups is 1. The Labute approximate surface area is 114 Å². The molecule has 0 radical (unpaired) electrons. The van der Waals surface area contributed by atoms with Gasteiger partial charge in [0.1, 0.15) is 0 Å². The van der Waals surface area contributed by atoms with Crippen molar-refractivity contribution in [1.82, 2.24) is 10.2 Å². The molecule has 6 heteroatoms. The summed E-state index contributed by atoms with van der Waals surface area (Å²) in [5, 5.41) is 11.5. The van der Waals surface area contributed by atoms with Crippen LogP contribution in [0.25, 0.3) is 0 Å². The molecule has 0 heterocycles. The van der Waals surface area contributed by atoms with Gasteiger partial charge in [-0.25, -0.2) is 9.59 Å². The van der Waals surface area contributed by atoms with E-state index in [1.54, 1.807) is 11.9 Å². The first-order chi connectivity index (χ1) is 8.97. The number of carboxylic acids is 1. The van der Waals surface area contributed by atoms with E-state index in [9.17, 15) is 9.59 Å². The maximum atomic E-state index is 12.1. The number of nitrogens with one attached hydrogen (secondary N) is 1. The van der Waals surface area contributed by atoms with Crippen molar-refractivity contribution in [3.63, 3.8) is 0 Å². The summed E-state index contributed by atoms with van der Waals surface area (Å²) in [7, 11) is 3.14. The molecule has 3 atom stereocenters. The first-order valence-corrected chi connectivity index (χ1v) is 6.72. The molecule has 1 rings (SSSR count). The molecule has 2 amide bonds. The Morgan fingerprint density at radius 1 is 1.42 bits per heavy atom. The first kappa shape index (κ1) is 15.8. The minimum atomic E-state index is -1.08. The summed E-state index contributed by atoms with van der Waals surface area (Å²) in [5.41, 5.74) is 0. The summed E-state index contributed by atoms with van der Waals surface area (Å²) < 4.78 is 4.80. The van der Waals surface area contributed by atoms with Gasteiger partial charge >= 0.3 is 12.0 Å². The summed E-state index contributed by atoms with van der Waals surface area (Å²) in [5.74, 6) is -0.629. The second-order valence-electron chi connectivity index (χ2n) is 5.24. The topological polar surface area (TPSA) is 78.9 Å². The highest BCUT2D eigenvalue weighted by molar-refractivity contribution is 5.82. The van der Waals surface area contributed by atoms with E-state index in [1.807, 2.05) is 0 Å². The van der Waals surface area contributed by atoms with Crippen molar-refractivity contribution in [2.45, 2.75) is 44.7 Å². The van der Waals surface area contributed by atoms with Gasteiger partial charge in [0.05, 0.1) is 6.61 Å². The van der Waals surface area contributed by atoms with Crippen LogP contribution in [-0.4, -0.2) is 54.9 Å². The van der Waals surface area contributed by atoms with Crippen molar-refractivity contribution in [3.05, 3.63) is 0 Å². The number of carbonyl (C=O) groups is 2. The molecule has 0 bridgehead atoms. The lowest BCUT2D eigenvalue weighted by molar-refractivity contribution is -0.140. The molecule has 0 aliphatic heterocycles. The number of ether oxygens (including phenoxy) is 1. The lowest BCUT2D eigenvalue weighted by Crippen LogP contribution is -2.53. The molecule has 1 aliphatic carbocycles. The standard InChI is InChI=1S/C13H24N2O4/c1-9-6-4-5-7-11(9)15(2)13(18)14-10(8-19-3)12(16)17/h9-11H,4-8H2,1-3H3,(H,14,18)(H,16,17). The Hall–Kier alpha value is -1.30. The Bertz CT molecular complexity index is 322. The van der Waals surface area contributed by atoms with Crippen LogP contribution in [0.5, 0.6) is 0 Å². The van der Waals surface area contributed by atoms with Crippen LogP contribution in [0.1, 0.15) is 32.6 Å². The molecule has 0 aromatic heterocycles. The van der Waals surface area contributed by atoms with E-state index in [2.05, 4.69) is 12.2 Å². The summed E-state index contributed by atoms with van der Waals surface area (Å²) in [4.78, 5) is 24.7. The number of amides is 2. The third-order valence-electron chi connectivity index (χ3n) is 3.81. The lowest BCUT2D eigenvalue weighted by Gasteiger charge is -2.36. The van der Waals surface area contributed by atoms with Gasteiger partial charge in [-0.15, -0.1) is 0 Å². The quantitative estimate of drug-likeness (QED) is 0.791. The van der Waals surface area contributed by atoms with E-state index < -0.39 is 12.0 Å². The molecule has 0 spiro atoms. The van der Waals surface area contributed by atoms with Gasteiger partial charge < -0.3 is 20.1 Å². The number of carboxylic acid groups (broad SMARTS) is 1. The van der Waals surface area contributed by atoms with Crippen molar-refractivity contribution >= 4 is 12.0 Å². The number of hydrogen-bond donors (Lipinski definition) is 2. The van der Waals surface area contributed by atoms with Gasteiger partial charge in [0.25, 0.3) is 0 Å². The minimum absolute atomic E-state index is 0.0326. The number of rotatable bonds is 5. The predicted octanol–water partition coefficient (Wildman–Crippen LogP) is 1.31. The molecule has 2 N–H and O–H groups in total. The van der Waals surface area contributed by atoms with Crippen LogP contribution >= 0.6 is 0 Å². The van der Waals surface area contributed by atoms with Crippen LogP contribution < -0.4 is 5.32 Å². The largest absolute Gasteiger partial charge is 0.480 e. The summed E-state index contributed by atoms with van der Waals surface area (Å²) in [6, 6.07) is -1.16. The molecule has 3 unspecified atom stereocenters. The monoisotopic (exact) mass is 272 g/mol. The normalized spacial score (nSPS) is 24.6. The van der Waals surface area contributed by atoms with Gasteiger partial charge in [-0.1, -0.05) is 19.8 Å². The van der Waals surface area contributed by atoms with Crippen LogP contribution in [-0.2, 0) is 9.53 Å². The molecule has 6 nitrogen and oxygen atoms in total. The van der Waals surface area contributed by atoms with Crippen LogP contribution in [0.15, 0.2) is 0 Å². The van der Waals surface area contributed by atoms with E-state index in [-0.39, 0.29) is 18.7 Å². The van der Waals surface area contributed by atoms with E-state index >= 15 is 0 Å². The minimum Gasteiger partial charge on any atom is -0.480 e. The number of hydrogen-bond acceptors (Lipinski definition) is 3. The number of aliphatic carboxylic acids is 1. The predicted molar refractivity (Wildman–Crippen MR) is 71.0 cm³/mol. The second kappa shape index (κ2) is 7.33. The number of carbonyl (C=O) groups excluding carboxylic acids is 1. The average molecular weight is 272 g/mol. The molecule has 0 aromatic rings. The van der Waals surface area contributed by atoms with Crippen molar-refractivity contribution < 1.29 is 19.4 Å².